The molecular weight excluding hydrogens is 282 g/mol. The monoisotopic (exact) mass is 305 g/mol. The number of carbonyl (C=O) groups excluding carboxylic acids is 1. The number of hydrogen-bond donors (Lipinski definition) is 1. The van der Waals surface area contributed by atoms with Gasteiger partial charge in [0.25, 0.3) is 0 Å². The molecule has 1 aromatic rings. The Morgan fingerprint density at radius 3 is 2.82 bits per heavy atom. The van der Waals surface area contributed by atoms with Crippen LogP contribution in [0.5, 0.6) is 5.75 Å². The summed E-state index contributed by atoms with van der Waals surface area (Å²) in [6, 6.07) is 5.78. The zero-order valence-electron chi connectivity index (χ0n) is 13.3. The quantitative estimate of drug-likeness (QED) is 0.926. The van der Waals surface area contributed by atoms with Crippen LogP contribution in [-0.4, -0.2) is 41.4 Å². The minimum Gasteiger partial charge on any atom is -0.461 e. The van der Waals surface area contributed by atoms with Gasteiger partial charge in [0, 0.05) is 25.6 Å². The fraction of sp³-hybridized carbons (Fsp3) is 0.588. The van der Waals surface area contributed by atoms with E-state index in [0.29, 0.717) is 25.4 Å². The molecule has 0 spiro atoms. The van der Waals surface area contributed by atoms with E-state index in [1.807, 2.05) is 32.0 Å². The Bertz CT molecular complexity index is 580. The Hall–Kier alpha value is -1.59. The number of ether oxygens (including phenoxy) is 2. The first-order valence-corrected chi connectivity index (χ1v) is 7.93. The molecule has 5 nitrogen and oxygen atoms in total. The predicted octanol–water partition coefficient (Wildman–Crippen LogP) is 1.89. The van der Waals surface area contributed by atoms with Gasteiger partial charge in [-0.15, -0.1) is 0 Å². The molecule has 0 radical (unpaired) electrons. The number of carbonyl (C=O) groups is 1. The summed E-state index contributed by atoms with van der Waals surface area (Å²) in [5, 5.41) is 10.8. The molecule has 2 aliphatic rings. The highest BCUT2D eigenvalue weighted by Crippen LogP contribution is 2.48. The first kappa shape index (κ1) is 15.3. The molecule has 0 saturated carbocycles. The van der Waals surface area contributed by atoms with Crippen LogP contribution in [0.25, 0.3) is 0 Å². The summed E-state index contributed by atoms with van der Waals surface area (Å²) >= 11 is 0. The maximum absolute atomic E-state index is 12.9. The summed E-state index contributed by atoms with van der Waals surface area (Å²) in [5.74, 6) is -1.83. The van der Waals surface area contributed by atoms with Gasteiger partial charge in [0.05, 0.1) is 6.61 Å². The second-order valence-corrected chi connectivity index (χ2v) is 6.02. The van der Waals surface area contributed by atoms with Crippen LogP contribution in [-0.2, 0) is 16.0 Å². The second-order valence-electron chi connectivity index (χ2n) is 6.02. The molecule has 0 fully saturated rings. The van der Waals surface area contributed by atoms with Gasteiger partial charge in [0.1, 0.15) is 17.8 Å². The predicted molar refractivity (Wildman–Crippen MR) is 81.5 cm³/mol. The van der Waals surface area contributed by atoms with E-state index in [0.717, 1.165) is 17.5 Å². The van der Waals surface area contributed by atoms with Crippen molar-refractivity contribution in [2.75, 3.05) is 19.7 Å². The standard InChI is InChI=1S/C17H23NO4/c1-4-18(5-2)16(19)14-15-13-11(9-10-21-15)7-6-8-12(13)22-17(14,3)20/h6-8,14-15,20H,4-5,9-10H2,1-3H3/t14-,15-,17-/m0/s1. The van der Waals surface area contributed by atoms with Gasteiger partial charge >= 0.3 is 0 Å². The average molecular weight is 305 g/mol. The minimum atomic E-state index is -1.58. The Morgan fingerprint density at radius 2 is 2.14 bits per heavy atom. The summed E-state index contributed by atoms with van der Waals surface area (Å²) < 4.78 is 11.7. The molecule has 22 heavy (non-hydrogen) atoms. The SMILES string of the molecule is CCN(CC)C(=O)[C@@H]1[C@H]2OCCc3cccc(c32)O[C@]1(C)O. The first-order valence-electron chi connectivity index (χ1n) is 7.93. The van der Waals surface area contributed by atoms with E-state index in [2.05, 4.69) is 0 Å². The van der Waals surface area contributed by atoms with E-state index in [1.54, 1.807) is 11.8 Å². The lowest BCUT2D eigenvalue weighted by Gasteiger charge is -2.45. The van der Waals surface area contributed by atoms with Crippen LogP contribution in [0.15, 0.2) is 18.2 Å². The van der Waals surface area contributed by atoms with E-state index >= 15 is 0 Å². The van der Waals surface area contributed by atoms with Crippen molar-refractivity contribution in [1.82, 2.24) is 4.90 Å². The Balaban J connectivity index is 2.07. The third-order valence-corrected chi connectivity index (χ3v) is 4.65. The van der Waals surface area contributed by atoms with Crippen molar-refractivity contribution < 1.29 is 19.4 Å². The molecule has 2 heterocycles. The van der Waals surface area contributed by atoms with Gasteiger partial charge in [-0.25, -0.2) is 0 Å². The van der Waals surface area contributed by atoms with E-state index in [-0.39, 0.29) is 5.91 Å². The molecule has 2 aliphatic heterocycles. The van der Waals surface area contributed by atoms with Crippen LogP contribution in [0.1, 0.15) is 38.0 Å². The molecule has 3 rings (SSSR count). The van der Waals surface area contributed by atoms with E-state index in [1.165, 1.54) is 0 Å². The highest BCUT2D eigenvalue weighted by atomic mass is 16.6. The summed E-state index contributed by atoms with van der Waals surface area (Å²) in [6.07, 6.45) is 0.356. The second kappa shape index (κ2) is 5.56. The minimum absolute atomic E-state index is 0.123. The lowest BCUT2D eigenvalue weighted by atomic mass is 9.81. The van der Waals surface area contributed by atoms with Crippen LogP contribution < -0.4 is 4.74 Å². The summed E-state index contributed by atoms with van der Waals surface area (Å²) in [4.78, 5) is 14.6. The van der Waals surface area contributed by atoms with Crippen molar-refractivity contribution in [3.63, 3.8) is 0 Å². The molecule has 120 valence electrons. The van der Waals surface area contributed by atoms with Gasteiger partial charge in [-0.05, 0) is 31.9 Å². The average Bonchev–Trinajstić information content (AvgIpc) is 2.47. The maximum Gasteiger partial charge on any atom is 0.235 e. The van der Waals surface area contributed by atoms with Gasteiger partial charge in [0.2, 0.25) is 11.7 Å². The summed E-state index contributed by atoms with van der Waals surface area (Å²) in [7, 11) is 0. The zero-order valence-corrected chi connectivity index (χ0v) is 13.3. The molecular formula is C17H23NO4. The topological polar surface area (TPSA) is 59.0 Å². The highest BCUT2D eigenvalue weighted by Gasteiger charge is 2.53. The molecule has 0 aliphatic carbocycles. The van der Waals surface area contributed by atoms with Crippen LogP contribution in [0.2, 0.25) is 0 Å². The van der Waals surface area contributed by atoms with E-state index in [9.17, 15) is 9.90 Å². The molecule has 5 heteroatoms. The third kappa shape index (κ3) is 2.29. The number of hydrogen-bond acceptors (Lipinski definition) is 4. The van der Waals surface area contributed by atoms with Crippen molar-refractivity contribution >= 4 is 5.91 Å². The van der Waals surface area contributed by atoms with Crippen molar-refractivity contribution in [3.05, 3.63) is 29.3 Å². The smallest absolute Gasteiger partial charge is 0.235 e. The number of nitrogens with zero attached hydrogens (tertiary/aromatic N) is 1. The van der Waals surface area contributed by atoms with Crippen LogP contribution in [0, 0.1) is 5.92 Å². The summed E-state index contributed by atoms with van der Waals surface area (Å²) in [6.45, 7) is 7.17. The fourth-order valence-electron chi connectivity index (χ4n) is 3.52. The van der Waals surface area contributed by atoms with Crippen molar-refractivity contribution in [2.24, 2.45) is 5.92 Å². The lowest BCUT2D eigenvalue weighted by molar-refractivity contribution is -0.218. The molecule has 1 amide bonds. The normalized spacial score (nSPS) is 29.5. The van der Waals surface area contributed by atoms with E-state index < -0.39 is 17.8 Å². The first-order chi connectivity index (χ1) is 10.5. The molecule has 1 N–H and O–H groups in total. The fourth-order valence-corrected chi connectivity index (χ4v) is 3.52. The number of rotatable bonds is 3. The Morgan fingerprint density at radius 1 is 1.41 bits per heavy atom. The van der Waals surface area contributed by atoms with Crippen LogP contribution >= 0.6 is 0 Å². The molecule has 0 aromatic heterocycles. The van der Waals surface area contributed by atoms with Gasteiger partial charge in [-0.1, -0.05) is 12.1 Å². The number of amides is 1. The molecule has 0 bridgehead atoms. The van der Waals surface area contributed by atoms with E-state index in [4.69, 9.17) is 9.47 Å². The van der Waals surface area contributed by atoms with Crippen LogP contribution in [0.3, 0.4) is 0 Å². The Kier molecular flexibility index (Phi) is 3.87. The van der Waals surface area contributed by atoms with Crippen LogP contribution in [0.4, 0.5) is 0 Å². The summed E-state index contributed by atoms with van der Waals surface area (Å²) in [5.41, 5.74) is 2.06. The maximum atomic E-state index is 12.9. The largest absolute Gasteiger partial charge is 0.461 e. The van der Waals surface area contributed by atoms with Crippen molar-refractivity contribution in [3.8, 4) is 5.75 Å². The van der Waals surface area contributed by atoms with Gasteiger partial charge in [-0.2, -0.15) is 0 Å². The van der Waals surface area contributed by atoms with Gasteiger partial charge in [0.15, 0.2) is 0 Å². The van der Waals surface area contributed by atoms with Crippen molar-refractivity contribution in [1.29, 1.82) is 0 Å². The lowest BCUT2D eigenvalue weighted by Crippen LogP contribution is -2.56. The number of benzene rings is 1. The molecule has 0 saturated heterocycles. The molecule has 3 atom stereocenters. The van der Waals surface area contributed by atoms with Gasteiger partial charge < -0.3 is 19.5 Å². The number of aliphatic hydroxyl groups is 1. The molecule has 0 unspecified atom stereocenters. The molecule has 1 aromatic carbocycles. The zero-order chi connectivity index (χ0) is 15.9. The Labute approximate surface area is 130 Å². The van der Waals surface area contributed by atoms with Crippen molar-refractivity contribution in [2.45, 2.75) is 39.1 Å². The third-order valence-electron chi connectivity index (χ3n) is 4.65. The highest BCUT2D eigenvalue weighted by molar-refractivity contribution is 5.81. The van der Waals surface area contributed by atoms with Gasteiger partial charge in [-0.3, -0.25) is 4.79 Å².